The predicted molar refractivity (Wildman–Crippen MR) is 88.1 cm³/mol. The maximum absolute atomic E-state index is 11.8. The summed E-state index contributed by atoms with van der Waals surface area (Å²) in [4.78, 5) is 39.4. The topological polar surface area (TPSA) is 134 Å². The molecule has 2 aromatic rings. The molecule has 0 aliphatic carbocycles. The molecule has 0 aromatic carbocycles. The Morgan fingerprint density at radius 1 is 1.25 bits per heavy atom. The van der Waals surface area contributed by atoms with E-state index < -0.39 is 11.2 Å². The van der Waals surface area contributed by atoms with Crippen LogP contribution < -0.4 is 16.6 Å². The third kappa shape index (κ3) is 5.08. The van der Waals surface area contributed by atoms with Crippen molar-refractivity contribution in [3.8, 4) is 0 Å². The Morgan fingerprint density at radius 2 is 1.96 bits per heavy atom. The molecular formula is C14H19N5O4S. The minimum Gasteiger partial charge on any atom is -0.416 e. The first-order valence-electron chi connectivity index (χ1n) is 7.22. The van der Waals surface area contributed by atoms with Crippen LogP contribution in [0.25, 0.3) is 0 Å². The molecular weight excluding hydrogens is 334 g/mol. The normalized spacial score (nSPS) is 11.5. The molecule has 2 heterocycles. The van der Waals surface area contributed by atoms with Crippen LogP contribution in [-0.2, 0) is 11.2 Å². The molecule has 0 spiro atoms. The van der Waals surface area contributed by atoms with Crippen LogP contribution in [0, 0.1) is 6.92 Å². The van der Waals surface area contributed by atoms with E-state index in [9.17, 15) is 14.4 Å². The van der Waals surface area contributed by atoms with Gasteiger partial charge in [0.25, 0.3) is 10.8 Å². The summed E-state index contributed by atoms with van der Waals surface area (Å²) in [6, 6.07) is 0. The van der Waals surface area contributed by atoms with Crippen molar-refractivity contribution in [2.75, 3.05) is 5.75 Å². The highest BCUT2D eigenvalue weighted by Gasteiger charge is 2.16. The van der Waals surface area contributed by atoms with Crippen molar-refractivity contribution in [1.29, 1.82) is 0 Å². The molecule has 1 amide bonds. The van der Waals surface area contributed by atoms with Gasteiger partial charge in [-0.05, 0) is 27.7 Å². The van der Waals surface area contributed by atoms with Crippen LogP contribution in [0.3, 0.4) is 0 Å². The summed E-state index contributed by atoms with van der Waals surface area (Å²) in [6.07, 6.45) is 0.0969. The Labute approximate surface area is 141 Å². The molecule has 0 aliphatic heterocycles. The molecule has 0 aliphatic rings. The highest BCUT2D eigenvalue weighted by atomic mass is 32.2. The second kappa shape index (κ2) is 7.04. The van der Waals surface area contributed by atoms with E-state index in [-0.39, 0.29) is 34.7 Å². The summed E-state index contributed by atoms with van der Waals surface area (Å²) < 4.78 is 5.42. The largest absolute Gasteiger partial charge is 0.416 e. The molecule has 0 unspecified atom stereocenters. The van der Waals surface area contributed by atoms with Gasteiger partial charge in [0.1, 0.15) is 0 Å². The number of thioether (sulfide) groups is 1. The average Bonchev–Trinajstić information content (AvgIpc) is 2.86. The number of H-pyrrole nitrogens is 2. The zero-order valence-corrected chi connectivity index (χ0v) is 14.7. The zero-order valence-electron chi connectivity index (χ0n) is 13.8. The highest BCUT2D eigenvalue weighted by Crippen LogP contribution is 2.17. The lowest BCUT2D eigenvalue weighted by molar-refractivity contribution is -0.119. The molecule has 9 nitrogen and oxygen atoms in total. The number of nitrogens with zero attached hydrogens (tertiary/aromatic N) is 2. The van der Waals surface area contributed by atoms with Gasteiger partial charge < -0.3 is 14.7 Å². The number of nitrogens with one attached hydrogen (secondary N) is 3. The van der Waals surface area contributed by atoms with Gasteiger partial charge in [0.05, 0.1) is 12.2 Å². The van der Waals surface area contributed by atoms with Gasteiger partial charge in [-0.3, -0.25) is 14.6 Å². The van der Waals surface area contributed by atoms with Crippen molar-refractivity contribution < 1.29 is 9.21 Å². The second-order valence-corrected chi connectivity index (χ2v) is 7.16. The fourth-order valence-corrected chi connectivity index (χ4v) is 2.52. The lowest BCUT2D eigenvalue weighted by Crippen LogP contribution is -2.41. The second-order valence-electron chi connectivity index (χ2n) is 6.24. The lowest BCUT2D eigenvalue weighted by atomic mass is 10.1. The van der Waals surface area contributed by atoms with Crippen LogP contribution in [0.1, 0.15) is 37.9 Å². The number of carbonyl (C=O) groups excluding carboxylic acids is 1. The molecule has 0 fully saturated rings. The minimum absolute atomic E-state index is 0.0969. The molecule has 0 radical (unpaired) electrons. The van der Waals surface area contributed by atoms with Crippen molar-refractivity contribution in [3.63, 3.8) is 0 Å². The van der Waals surface area contributed by atoms with Crippen LogP contribution >= 0.6 is 11.8 Å². The van der Waals surface area contributed by atoms with Gasteiger partial charge in [-0.1, -0.05) is 11.8 Å². The molecule has 24 heavy (non-hydrogen) atoms. The standard InChI is InChI=1S/C14H19N5O4S/c1-7-8(11(21)16-12(22)15-7)5-10-18-19-13(23-10)24-6-9(20)17-14(2,3)4/h5-6H2,1-4H3,(H,17,20)(H2,15,16,21,22). The number of aromatic nitrogens is 4. The summed E-state index contributed by atoms with van der Waals surface area (Å²) in [6.45, 7) is 7.30. The van der Waals surface area contributed by atoms with E-state index in [2.05, 4.69) is 25.5 Å². The van der Waals surface area contributed by atoms with Crippen molar-refractivity contribution in [1.82, 2.24) is 25.5 Å². The first-order valence-corrected chi connectivity index (χ1v) is 8.21. The summed E-state index contributed by atoms with van der Waals surface area (Å²) in [5, 5.41) is 10.8. The number of rotatable bonds is 5. The Bertz CT molecular complexity index is 846. The van der Waals surface area contributed by atoms with Gasteiger partial charge in [-0.15, -0.1) is 10.2 Å². The Hall–Kier alpha value is -2.36. The molecule has 0 atom stereocenters. The summed E-state index contributed by atoms with van der Waals surface area (Å²) in [7, 11) is 0. The zero-order chi connectivity index (χ0) is 17.9. The Morgan fingerprint density at radius 3 is 2.58 bits per heavy atom. The monoisotopic (exact) mass is 353 g/mol. The number of aryl methyl sites for hydroxylation is 1. The molecule has 3 N–H and O–H groups in total. The van der Waals surface area contributed by atoms with Crippen LogP contribution in [0.5, 0.6) is 0 Å². The van der Waals surface area contributed by atoms with Crippen LogP contribution in [0.4, 0.5) is 0 Å². The fraction of sp³-hybridized carbons (Fsp3) is 0.500. The third-order valence-corrected chi connectivity index (χ3v) is 3.69. The maximum atomic E-state index is 11.8. The van der Waals surface area contributed by atoms with E-state index in [1.165, 1.54) is 0 Å². The highest BCUT2D eigenvalue weighted by molar-refractivity contribution is 7.99. The van der Waals surface area contributed by atoms with E-state index >= 15 is 0 Å². The smallest absolute Gasteiger partial charge is 0.325 e. The molecule has 2 aromatic heterocycles. The first kappa shape index (κ1) is 18.0. The summed E-state index contributed by atoms with van der Waals surface area (Å²) in [5.74, 6) is 0.242. The number of amides is 1. The summed E-state index contributed by atoms with van der Waals surface area (Å²) in [5.41, 5.74) is -0.567. The maximum Gasteiger partial charge on any atom is 0.325 e. The van der Waals surface area contributed by atoms with E-state index in [1.807, 2.05) is 20.8 Å². The molecule has 0 saturated carbocycles. The Balaban J connectivity index is 2.00. The fourth-order valence-electron chi connectivity index (χ4n) is 1.94. The van der Waals surface area contributed by atoms with Crippen molar-refractivity contribution in [3.05, 3.63) is 38.0 Å². The number of hydrogen-bond acceptors (Lipinski definition) is 7. The minimum atomic E-state index is -0.562. The van der Waals surface area contributed by atoms with Crippen LogP contribution in [0.15, 0.2) is 19.2 Å². The third-order valence-electron chi connectivity index (χ3n) is 2.87. The summed E-state index contributed by atoms with van der Waals surface area (Å²) >= 11 is 1.12. The number of aromatic amines is 2. The van der Waals surface area contributed by atoms with E-state index in [0.717, 1.165) is 11.8 Å². The molecule has 0 saturated heterocycles. The first-order chi connectivity index (χ1) is 11.1. The van der Waals surface area contributed by atoms with E-state index in [1.54, 1.807) is 6.92 Å². The lowest BCUT2D eigenvalue weighted by Gasteiger charge is -2.19. The van der Waals surface area contributed by atoms with E-state index in [0.29, 0.717) is 11.3 Å². The quantitative estimate of drug-likeness (QED) is 0.660. The van der Waals surface area contributed by atoms with Gasteiger partial charge in [0.15, 0.2) is 0 Å². The van der Waals surface area contributed by atoms with E-state index in [4.69, 9.17) is 4.42 Å². The van der Waals surface area contributed by atoms with Crippen molar-refractivity contribution >= 4 is 17.7 Å². The predicted octanol–water partition coefficient (Wildman–Crippen LogP) is 0.352. The molecule has 0 bridgehead atoms. The van der Waals surface area contributed by atoms with Gasteiger partial charge in [0, 0.05) is 16.8 Å². The van der Waals surface area contributed by atoms with Crippen molar-refractivity contribution in [2.45, 2.75) is 44.9 Å². The Kier molecular flexibility index (Phi) is 5.27. The van der Waals surface area contributed by atoms with Gasteiger partial charge >= 0.3 is 5.69 Å². The molecule has 2 rings (SSSR count). The van der Waals surface area contributed by atoms with Crippen LogP contribution in [0.2, 0.25) is 0 Å². The molecule has 10 heteroatoms. The number of carbonyl (C=O) groups is 1. The van der Waals surface area contributed by atoms with Gasteiger partial charge in [-0.25, -0.2) is 4.79 Å². The van der Waals surface area contributed by atoms with Gasteiger partial charge in [-0.2, -0.15) is 0 Å². The SMILES string of the molecule is Cc1[nH]c(=O)[nH]c(=O)c1Cc1nnc(SCC(=O)NC(C)(C)C)o1. The van der Waals surface area contributed by atoms with Gasteiger partial charge in [0.2, 0.25) is 11.8 Å². The van der Waals surface area contributed by atoms with Crippen LogP contribution in [-0.4, -0.2) is 37.4 Å². The van der Waals surface area contributed by atoms with Crippen molar-refractivity contribution in [2.24, 2.45) is 0 Å². The molecule has 130 valence electrons. The average molecular weight is 353 g/mol. The number of hydrogen-bond donors (Lipinski definition) is 3.